The molecule has 0 saturated carbocycles. The normalized spacial score (nSPS) is 28.0. The van der Waals surface area contributed by atoms with E-state index < -0.39 is 6.04 Å². The molecule has 3 aliphatic heterocycles. The summed E-state index contributed by atoms with van der Waals surface area (Å²) in [5.41, 5.74) is 0.949. The van der Waals surface area contributed by atoms with Crippen LogP contribution in [-0.4, -0.2) is 87.2 Å². The number of benzene rings is 1. The van der Waals surface area contributed by atoms with Crippen LogP contribution in [0, 0.1) is 0 Å². The molecule has 0 bridgehead atoms. The third kappa shape index (κ3) is 5.00. The zero-order valence-electron chi connectivity index (χ0n) is 16.3. The molecular formula is C20H27IN4O3S. The van der Waals surface area contributed by atoms with Crippen LogP contribution in [0.4, 0.5) is 4.79 Å². The Morgan fingerprint density at radius 1 is 1.24 bits per heavy atom. The minimum Gasteiger partial charge on any atom is -0.445 e. The molecule has 0 aromatic heterocycles. The highest BCUT2D eigenvalue weighted by molar-refractivity contribution is 14.1. The highest BCUT2D eigenvalue weighted by atomic mass is 127. The van der Waals surface area contributed by atoms with E-state index in [0.29, 0.717) is 17.0 Å². The summed E-state index contributed by atoms with van der Waals surface area (Å²) in [5.74, 6) is 1.75. The first-order chi connectivity index (χ1) is 14.1. The summed E-state index contributed by atoms with van der Waals surface area (Å²) >= 11 is 4.22. The van der Waals surface area contributed by atoms with Crippen molar-refractivity contribution in [2.45, 2.75) is 29.2 Å². The van der Waals surface area contributed by atoms with Crippen molar-refractivity contribution in [1.29, 1.82) is 0 Å². The van der Waals surface area contributed by atoms with Gasteiger partial charge in [-0.15, -0.1) is 11.8 Å². The number of rotatable bonds is 4. The largest absolute Gasteiger partial charge is 0.445 e. The second-order valence-corrected chi connectivity index (χ2v) is 10.1. The van der Waals surface area contributed by atoms with Crippen molar-refractivity contribution >= 4 is 46.4 Å². The van der Waals surface area contributed by atoms with E-state index in [2.05, 4.69) is 32.8 Å². The maximum Gasteiger partial charge on any atom is 0.410 e. The molecular weight excluding hydrogens is 503 g/mol. The number of carbonyl (C=O) groups excluding carboxylic acids is 2. The summed E-state index contributed by atoms with van der Waals surface area (Å²) < 4.78 is 5.96. The monoisotopic (exact) mass is 530 g/mol. The average molecular weight is 530 g/mol. The molecule has 3 saturated heterocycles. The molecule has 7 nitrogen and oxygen atoms in total. The van der Waals surface area contributed by atoms with E-state index in [1.165, 1.54) is 0 Å². The standard InChI is InChI=1S/C20H27IN4O3S/c21-18-11-22-6-7-24(18)16-10-17(19(26)23-8-9-29-14-23)25(12-16)20(27)28-13-15-4-2-1-3-5-15/h1-5,16-18,22H,6-14H2/t16-,17-,18?/m0/s1. The number of nitrogens with one attached hydrogen (secondary N) is 1. The first kappa shape index (κ1) is 21.2. The minimum atomic E-state index is -0.430. The van der Waals surface area contributed by atoms with Gasteiger partial charge in [0.2, 0.25) is 5.91 Å². The number of carbonyl (C=O) groups is 2. The van der Waals surface area contributed by atoms with Crippen molar-refractivity contribution in [3.8, 4) is 0 Å². The van der Waals surface area contributed by atoms with Gasteiger partial charge in [0, 0.05) is 44.5 Å². The molecule has 3 fully saturated rings. The van der Waals surface area contributed by atoms with E-state index in [-0.39, 0.29) is 24.6 Å². The molecule has 158 valence electrons. The van der Waals surface area contributed by atoms with Crippen LogP contribution in [0.5, 0.6) is 0 Å². The van der Waals surface area contributed by atoms with Crippen molar-refractivity contribution in [1.82, 2.24) is 20.0 Å². The molecule has 2 amide bonds. The van der Waals surface area contributed by atoms with Crippen LogP contribution >= 0.6 is 34.4 Å². The van der Waals surface area contributed by atoms with E-state index >= 15 is 0 Å². The van der Waals surface area contributed by atoms with Gasteiger partial charge in [0.05, 0.1) is 9.93 Å². The van der Waals surface area contributed by atoms with Gasteiger partial charge in [0.1, 0.15) is 12.6 Å². The highest BCUT2D eigenvalue weighted by Crippen LogP contribution is 2.29. The van der Waals surface area contributed by atoms with Crippen molar-refractivity contribution in [3.63, 3.8) is 0 Å². The van der Waals surface area contributed by atoms with Gasteiger partial charge in [-0.2, -0.15) is 0 Å². The smallest absolute Gasteiger partial charge is 0.410 e. The number of thioether (sulfide) groups is 1. The van der Waals surface area contributed by atoms with Gasteiger partial charge in [-0.1, -0.05) is 52.9 Å². The Labute approximate surface area is 189 Å². The summed E-state index contributed by atoms with van der Waals surface area (Å²) in [6.07, 6.45) is 0.293. The molecule has 1 N–H and O–H groups in total. The van der Waals surface area contributed by atoms with Crippen LogP contribution in [0.25, 0.3) is 0 Å². The molecule has 1 unspecified atom stereocenters. The first-order valence-electron chi connectivity index (χ1n) is 10.1. The van der Waals surface area contributed by atoms with Gasteiger partial charge in [0.25, 0.3) is 0 Å². The molecule has 3 atom stereocenters. The van der Waals surface area contributed by atoms with Crippen molar-refractivity contribution in [2.24, 2.45) is 0 Å². The van der Waals surface area contributed by atoms with Crippen LogP contribution in [0.1, 0.15) is 12.0 Å². The van der Waals surface area contributed by atoms with Crippen molar-refractivity contribution in [3.05, 3.63) is 35.9 Å². The molecule has 3 aliphatic rings. The summed E-state index contributed by atoms with van der Waals surface area (Å²) in [5, 5.41) is 3.41. The van der Waals surface area contributed by atoms with Gasteiger partial charge >= 0.3 is 6.09 Å². The lowest BCUT2D eigenvalue weighted by Gasteiger charge is -2.37. The zero-order valence-corrected chi connectivity index (χ0v) is 19.3. The van der Waals surface area contributed by atoms with Crippen LogP contribution < -0.4 is 5.32 Å². The van der Waals surface area contributed by atoms with Crippen molar-refractivity contribution < 1.29 is 14.3 Å². The maximum absolute atomic E-state index is 13.2. The van der Waals surface area contributed by atoms with Crippen LogP contribution in [-0.2, 0) is 16.1 Å². The van der Waals surface area contributed by atoms with E-state index in [1.54, 1.807) is 16.7 Å². The Balaban J connectivity index is 1.46. The molecule has 29 heavy (non-hydrogen) atoms. The van der Waals surface area contributed by atoms with Crippen LogP contribution in [0.15, 0.2) is 30.3 Å². The molecule has 1 aromatic rings. The summed E-state index contributed by atoms with van der Waals surface area (Å²) in [6.45, 7) is 4.34. The Kier molecular flexibility index (Phi) is 7.20. The molecule has 0 spiro atoms. The summed E-state index contributed by atoms with van der Waals surface area (Å²) in [4.78, 5) is 32.1. The second kappa shape index (κ2) is 9.84. The number of alkyl halides is 1. The lowest BCUT2D eigenvalue weighted by atomic mass is 10.1. The number of ether oxygens (including phenoxy) is 1. The second-order valence-electron chi connectivity index (χ2n) is 7.61. The Morgan fingerprint density at radius 2 is 2.07 bits per heavy atom. The van der Waals surface area contributed by atoms with E-state index in [4.69, 9.17) is 4.74 Å². The third-order valence-corrected chi connectivity index (χ3v) is 7.88. The molecule has 1 aromatic carbocycles. The minimum absolute atomic E-state index is 0.0642. The Bertz CT molecular complexity index is 719. The fourth-order valence-electron chi connectivity index (χ4n) is 4.19. The van der Waals surface area contributed by atoms with E-state index in [1.807, 2.05) is 35.2 Å². The number of likely N-dealkylation sites (tertiary alicyclic amines) is 1. The zero-order chi connectivity index (χ0) is 20.2. The first-order valence-corrected chi connectivity index (χ1v) is 12.5. The predicted molar refractivity (Wildman–Crippen MR) is 122 cm³/mol. The quantitative estimate of drug-likeness (QED) is 0.365. The summed E-state index contributed by atoms with van der Waals surface area (Å²) in [7, 11) is 0. The molecule has 4 rings (SSSR count). The van der Waals surface area contributed by atoms with Gasteiger partial charge < -0.3 is 15.0 Å². The lowest BCUT2D eigenvalue weighted by molar-refractivity contribution is -0.134. The van der Waals surface area contributed by atoms with E-state index in [9.17, 15) is 9.59 Å². The van der Waals surface area contributed by atoms with Gasteiger partial charge in [-0.05, 0) is 12.0 Å². The topological polar surface area (TPSA) is 65.1 Å². The number of amides is 2. The van der Waals surface area contributed by atoms with Crippen LogP contribution in [0.2, 0.25) is 0 Å². The van der Waals surface area contributed by atoms with Gasteiger partial charge in [-0.25, -0.2) is 4.79 Å². The molecule has 0 radical (unpaired) electrons. The SMILES string of the molecule is O=C([C@@H]1C[C@H](N2CCNCC2I)CN1C(=O)OCc1ccccc1)N1CCSC1. The summed E-state index contributed by atoms with van der Waals surface area (Å²) in [6, 6.07) is 9.42. The fraction of sp³-hybridized carbons (Fsp3) is 0.600. The van der Waals surface area contributed by atoms with Gasteiger partial charge in [-0.3, -0.25) is 14.6 Å². The maximum atomic E-state index is 13.2. The fourth-order valence-corrected chi connectivity index (χ4v) is 6.19. The third-order valence-electron chi connectivity index (χ3n) is 5.76. The number of nitrogens with zero attached hydrogens (tertiary/aromatic N) is 3. The van der Waals surface area contributed by atoms with Crippen molar-refractivity contribution in [2.75, 3.05) is 44.4 Å². The number of hydrogen-bond donors (Lipinski definition) is 1. The molecule has 0 aliphatic carbocycles. The number of piperazine rings is 1. The lowest BCUT2D eigenvalue weighted by Crippen LogP contribution is -2.53. The molecule has 9 heteroatoms. The highest BCUT2D eigenvalue weighted by Gasteiger charge is 2.45. The van der Waals surface area contributed by atoms with E-state index in [0.717, 1.165) is 43.4 Å². The number of halogens is 1. The number of hydrogen-bond acceptors (Lipinski definition) is 6. The Hall–Kier alpha value is -1.04. The van der Waals surface area contributed by atoms with Gasteiger partial charge in [0.15, 0.2) is 0 Å². The Morgan fingerprint density at radius 3 is 2.79 bits per heavy atom. The average Bonchev–Trinajstić information content (AvgIpc) is 3.43. The predicted octanol–water partition coefficient (Wildman–Crippen LogP) is 1.97. The molecule has 3 heterocycles. The van der Waals surface area contributed by atoms with Crippen LogP contribution in [0.3, 0.4) is 0 Å².